The Hall–Kier alpha value is -0.340. The molecule has 14 heavy (non-hydrogen) atoms. The van der Waals surface area contributed by atoms with Crippen molar-refractivity contribution in [2.45, 2.75) is 45.8 Å². The minimum absolute atomic E-state index is 0.338. The maximum absolute atomic E-state index is 5.82. The van der Waals surface area contributed by atoms with Gasteiger partial charge in [0.05, 0.1) is 12.2 Å². The van der Waals surface area contributed by atoms with Crippen LogP contribution >= 0.6 is 0 Å². The van der Waals surface area contributed by atoms with Gasteiger partial charge in [-0.25, -0.2) is 0 Å². The highest BCUT2D eigenvalue weighted by Gasteiger charge is 2.20. The van der Waals surface area contributed by atoms with Crippen LogP contribution < -0.4 is 5.32 Å². The number of hydrogen-bond donors (Lipinski definition) is 1. The van der Waals surface area contributed by atoms with Crippen LogP contribution in [-0.2, 0) is 4.74 Å². The van der Waals surface area contributed by atoms with E-state index in [1.165, 1.54) is 5.57 Å². The summed E-state index contributed by atoms with van der Waals surface area (Å²) in [5.74, 6) is 0.708. The lowest BCUT2D eigenvalue weighted by atomic mass is 10.00. The standard InChI is InChI=1S/C12H23NO/c1-9(2)7-13-8-12-6-10(3)5-11(4)14-12/h9,11-13H,3,5-8H2,1-2,4H3/t11-,12+/m0/s1. The van der Waals surface area contributed by atoms with Gasteiger partial charge in [0.25, 0.3) is 0 Å². The fourth-order valence-electron chi connectivity index (χ4n) is 1.89. The normalized spacial score (nSPS) is 28.4. The summed E-state index contributed by atoms with van der Waals surface area (Å²) in [7, 11) is 0. The second kappa shape index (κ2) is 5.52. The Morgan fingerprint density at radius 2 is 2.21 bits per heavy atom. The van der Waals surface area contributed by atoms with Crippen molar-refractivity contribution < 1.29 is 4.74 Å². The molecule has 2 heteroatoms. The van der Waals surface area contributed by atoms with Crippen LogP contribution in [-0.4, -0.2) is 25.3 Å². The van der Waals surface area contributed by atoms with Crippen LogP contribution in [0.4, 0.5) is 0 Å². The summed E-state index contributed by atoms with van der Waals surface area (Å²) in [4.78, 5) is 0. The third-order valence-corrected chi connectivity index (χ3v) is 2.44. The lowest BCUT2D eigenvalue weighted by Gasteiger charge is -2.29. The van der Waals surface area contributed by atoms with E-state index in [-0.39, 0.29) is 0 Å². The molecular weight excluding hydrogens is 174 g/mol. The molecule has 0 bridgehead atoms. The third-order valence-electron chi connectivity index (χ3n) is 2.44. The fourth-order valence-corrected chi connectivity index (χ4v) is 1.89. The molecule has 1 aliphatic rings. The molecule has 0 amide bonds. The van der Waals surface area contributed by atoms with E-state index < -0.39 is 0 Å². The Morgan fingerprint density at radius 1 is 1.50 bits per heavy atom. The highest BCUT2D eigenvalue weighted by molar-refractivity contribution is 5.01. The van der Waals surface area contributed by atoms with Crippen LogP contribution in [0, 0.1) is 5.92 Å². The van der Waals surface area contributed by atoms with Crippen LogP contribution in [0.1, 0.15) is 33.6 Å². The zero-order valence-corrected chi connectivity index (χ0v) is 9.68. The molecule has 1 heterocycles. The summed E-state index contributed by atoms with van der Waals surface area (Å²) in [6.45, 7) is 12.6. The molecule has 0 saturated carbocycles. The average molecular weight is 197 g/mol. The quantitative estimate of drug-likeness (QED) is 0.699. The first-order valence-electron chi connectivity index (χ1n) is 5.60. The van der Waals surface area contributed by atoms with E-state index in [0.717, 1.165) is 25.9 Å². The van der Waals surface area contributed by atoms with Gasteiger partial charge in [0.15, 0.2) is 0 Å². The molecule has 0 aromatic heterocycles. The molecule has 82 valence electrons. The predicted octanol–water partition coefficient (Wildman–Crippen LogP) is 2.36. The van der Waals surface area contributed by atoms with Gasteiger partial charge >= 0.3 is 0 Å². The second-order valence-corrected chi connectivity index (χ2v) is 4.78. The molecule has 1 saturated heterocycles. The van der Waals surface area contributed by atoms with Gasteiger partial charge in [0.2, 0.25) is 0 Å². The second-order valence-electron chi connectivity index (χ2n) is 4.78. The fraction of sp³-hybridized carbons (Fsp3) is 0.833. The Labute approximate surface area is 87.7 Å². The van der Waals surface area contributed by atoms with Gasteiger partial charge in [-0.3, -0.25) is 0 Å². The number of rotatable bonds is 4. The summed E-state index contributed by atoms with van der Waals surface area (Å²) in [5, 5.41) is 3.43. The van der Waals surface area contributed by atoms with Crippen molar-refractivity contribution in [2.24, 2.45) is 5.92 Å². The number of ether oxygens (including phenoxy) is 1. The first-order valence-corrected chi connectivity index (χ1v) is 5.60. The molecular formula is C12H23NO. The van der Waals surface area contributed by atoms with E-state index in [1.807, 2.05) is 0 Å². The largest absolute Gasteiger partial charge is 0.373 e. The molecule has 1 fully saturated rings. The van der Waals surface area contributed by atoms with Gasteiger partial charge in [0.1, 0.15) is 0 Å². The maximum atomic E-state index is 5.82. The zero-order chi connectivity index (χ0) is 10.6. The summed E-state index contributed by atoms with van der Waals surface area (Å²) < 4.78 is 5.82. The molecule has 0 aliphatic carbocycles. The van der Waals surface area contributed by atoms with E-state index in [4.69, 9.17) is 4.74 Å². The van der Waals surface area contributed by atoms with Crippen LogP contribution in [0.25, 0.3) is 0 Å². The van der Waals surface area contributed by atoms with Crippen LogP contribution in [0.3, 0.4) is 0 Å². The topological polar surface area (TPSA) is 21.3 Å². The minimum atomic E-state index is 0.338. The van der Waals surface area contributed by atoms with Crippen molar-refractivity contribution in [3.8, 4) is 0 Å². The highest BCUT2D eigenvalue weighted by Crippen LogP contribution is 2.22. The third kappa shape index (κ3) is 4.25. The van der Waals surface area contributed by atoms with E-state index in [1.54, 1.807) is 0 Å². The highest BCUT2D eigenvalue weighted by atomic mass is 16.5. The van der Waals surface area contributed by atoms with Crippen LogP contribution in [0.2, 0.25) is 0 Å². The Balaban J connectivity index is 2.20. The molecule has 0 aromatic rings. The first-order chi connectivity index (χ1) is 6.58. The van der Waals surface area contributed by atoms with Crippen molar-refractivity contribution >= 4 is 0 Å². The number of nitrogens with one attached hydrogen (secondary N) is 1. The van der Waals surface area contributed by atoms with Gasteiger partial charge in [-0.05, 0) is 32.2 Å². The van der Waals surface area contributed by atoms with Crippen LogP contribution in [0.5, 0.6) is 0 Å². The summed E-state index contributed by atoms with van der Waals surface area (Å²) >= 11 is 0. The molecule has 1 N–H and O–H groups in total. The monoisotopic (exact) mass is 197 g/mol. The Morgan fingerprint density at radius 3 is 2.79 bits per heavy atom. The lowest BCUT2D eigenvalue weighted by Crippen LogP contribution is -2.36. The zero-order valence-electron chi connectivity index (χ0n) is 9.68. The van der Waals surface area contributed by atoms with E-state index in [0.29, 0.717) is 18.1 Å². The lowest BCUT2D eigenvalue weighted by molar-refractivity contribution is -0.0197. The van der Waals surface area contributed by atoms with Gasteiger partial charge in [-0.1, -0.05) is 26.0 Å². The van der Waals surface area contributed by atoms with E-state index in [2.05, 4.69) is 32.7 Å². The van der Waals surface area contributed by atoms with Crippen molar-refractivity contribution in [3.05, 3.63) is 12.2 Å². The SMILES string of the molecule is C=C1C[C@H](CNCC(C)C)O[C@@H](C)C1. The van der Waals surface area contributed by atoms with Gasteiger partial charge in [-0.2, -0.15) is 0 Å². The minimum Gasteiger partial charge on any atom is -0.373 e. The molecule has 0 spiro atoms. The molecule has 0 aromatic carbocycles. The number of hydrogen-bond acceptors (Lipinski definition) is 2. The average Bonchev–Trinajstić information content (AvgIpc) is 2.01. The molecule has 2 atom stereocenters. The Bertz CT molecular complexity index is 189. The molecule has 0 unspecified atom stereocenters. The van der Waals surface area contributed by atoms with Crippen molar-refractivity contribution in [1.82, 2.24) is 5.32 Å². The van der Waals surface area contributed by atoms with E-state index in [9.17, 15) is 0 Å². The van der Waals surface area contributed by atoms with Crippen molar-refractivity contribution in [2.75, 3.05) is 13.1 Å². The van der Waals surface area contributed by atoms with Crippen molar-refractivity contribution in [3.63, 3.8) is 0 Å². The molecule has 0 radical (unpaired) electrons. The Kier molecular flexibility index (Phi) is 4.63. The molecule has 2 nitrogen and oxygen atoms in total. The molecule has 1 rings (SSSR count). The maximum Gasteiger partial charge on any atom is 0.0740 e. The van der Waals surface area contributed by atoms with Crippen molar-refractivity contribution in [1.29, 1.82) is 0 Å². The summed E-state index contributed by atoms with van der Waals surface area (Å²) in [6, 6.07) is 0. The summed E-state index contributed by atoms with van der Waals surface area (Å²) in [5.41, 5.74) is 1.33. The first kappa shape index (κ1) is 11.7. The van der Waals surface area contributed by atoms with Gasteiger partial charge in [0, 0.05) is 6.54 Å². The van der Waals surface area contributed by atoms with Gasteiger partial charge in [-0.15, -0.1) is 0 Å². The molecule has 1 aliphatic heterocycles. The van der Waals surface area contributed by atoms with Crippen LogP contribution in [0.15, 0.2) is 12.2 Å². The van der Waals surface area contributed by atoms with Gasteiger partial charge < -0.3 is 10.1 Å². The summed E-state index contributed by atoms with van der Waals surface area (Å²) in [6.07, 6.45) is 2.74. The smallest absolute Gasteiger partial charge is 0.0740 e. The predicted molar refractivity (Wildman–Crippen MR) is 60.4 cm³/mol. The van der Waals surface area contributed by atoms with E-state index >= 15 is 0 Å².